The van der Waals surface area contributed by atoms with Gasteiger partial charge in [-0.1, -0.05) is 20.8 Å². The van der Waals surface area contributed by atoms with Crippen molar-refractivity contribution in [3.05, 3.63) is 0 Å². The SMILES string of the molecule is CC(C)(C)C1CC(OC(N)=O)CC[N+]1(OC(N)=O)C(=O)NCCCCNC(=O)N1CCCCC1. The number of piperidine rings is 2. The zero-order chi connectivity index (χ0) is 25.4. The van der Waals surface area contributed by atoms with Gasteiger partial charge in [0.2, 0.25) is 0 Å². The molecule has 0 aromatic rings. The highest BCUT2D eigenvalue weighted by Gasteiger charge is 2.58. The summed E-state index contributed by atoms with van der Waals surface area (Å²) in [6.45, 7) is 8.29. The molecule has 2 heterocycles. The Labute approximate surface area is 201 Å². The smallest absolute Gasteiger partial charge is 0.446 e. The molecule has 3 unspecified atom stereocenters. The molecular weight excluding hydrogens is 444 g/mol. The number of hydrogen-bond acceptors (Lipinski definition) is 6. The highest BCUT2D eigenvalue weighted by Crippen LogP contribution is 2.39. The molecule has 194 valence electrons. The normalized spacial score (nSPS) is 25.2. The van der Waals surface area contributed by atoms with Crippen LogP contribution in [0, 0.1) is 5.41 Å². The van der Waals surface area contributed by atoms with Crippen LogP contribution in [-0.2, 0) is 9.57 Å². The predicted octanol–water partition coefficient (Wildman–Crippen LogP) is 2.17. The van der Waals surface area contributed by atoms with E-state index in [0.717, 1.165) is 32.4 Å². The monoisotopic (exact) mass is 485 g/mol. The van der Waals surface area contributed by atoms with Gasteiger partial charge in [-0.2, -0.15) is 0 Å². The molecule has 34 heavy (non-hydrogen) atoms. The lowest BCUT2D eigenvalue weighted by atomic mass is 9.79. The number of rotatable bonds is 6. The molecule has 0 aromatic heterocycles. The van der Waals surface area contributed by atoms with E-state index in [0.29, 0.717) is 32.4 Å². The molecular formula is C22H41N6O6+. The molecule has 2 aliphatic rings. The molecule has 0 radical (unpaired) electrons. The Morgan fingerprint density at radius 1 is 0.971 bits per heavy atom. The molecule has 2 saturated heterocycles. The van der Waals surface area contributed by atoms with Crippen molar-refractivity contribution in [3.63, 3.8) is 0 Å². The van der Waals surface area contributed by atoms with Crippen molar-refractivity contribution in [2.24, 2.45) is 16.9 Å². The van der Waals surface area contributed by atoms with E-state index in [1.165, 1.54) is 0 Å². The van der Waals surface area contributed by atoms with Crippen LogP contribution in [0.25, 0.3) is 0 Å². The highest BCUT2D eigenvalue weighted by molar-refractivity contribution is 5.74. The van der Waals surface area contributed by atoms with Crippen LogP contribution in [0.1, 0.15) is 65.7 Å². The summed E-state index contributed by atoms with van der Waals surface area (Å²) in [5.41, 5.74) is 10.0. The maximum Gasteiger partial charge on any atom is 0.460 e. The van der Waals surface area contributed by atoms with E-state index in [2.05, 4.69) is 10.6 Å². The number of ether oxygens (including phenoxy) is 1. The van der Waals surface area contributed by atoms with Gasteiger partial charge in [0, 0.05) is 44.4 Å². The third kappa shape index (κ3) is 7.64. The summed E-state index contributed by atoms with van der Waals surface area (Å²) in [7, 11) is 0. The molecule has 3 atom stereocenters. The van der Waals surface area contributed by atoms with Crippen LogP contribution in [0.4, 0.5) is 19.2 Å². The minimum absolute atomic E-state index is 0.0443. The van der Waals surface area contributed by atoms with E-state index < -0.39 is 40.4 Å². The van der Waals surface area contributed by atoms with E-state index in [9.17, 15) is 19.2 Å². The van der Waals surface area contributed by atoms with Crippen LogP contribution < -0.4 is 22.1 Å². The second-order valence-corrected chi connectivity index (χ2v) is 10.1. The van der Waals surface area contributed by atoms with Gasteiger partial charge in [0.05, 0.1) is 0 Å². The first kappa shape index (κ1) is 27.5. The van der Waals surface area contributed by atoms with E-state index in [-0.39, 0.29) is 19.0 Å². The summed E-state index contributed by atoms with van der Waals surface area (Å²) in [5.74, 6) is 0. The third-order valence-electron chi connectivity index (χ3n) is 6.45. The molecule has 2 aliphatic heterocycles. The Balaban J connectivity index is 1.92. The van der Waals surface area contributed by atoms with Gasteiger partial charge >= 0.3 is 24.2 Å². The second kappa shape index (κ2) is 12.1. The number of carbonyl (C=O) groups excluding carboxylic acids is 4. The van der Waals surface area contributed by atoms with E-state index in [1.54, 1.807) is 0 Å². The number of amides is 6. The molecule has 0 aliphatic carbocycles. The van der Waals surface area contributed by atoms with Crippen molar-refractivity contribution < 1.29 is 33.4 Å². The fourth-order valence-corrected chi connectivity index (χ4v) is 4.82. The molecule has 6 N–H and O–H groups in total. The molecule has 12 heteroatoms. The first-order valence-corrected chi connectivity index (χ1v) is 12.1. The minimum atomic E-state index is -1.06. The predicted molar refractivity (Wildman–Crippen MR) is 124 cm³/mol. The lowest BCUT2D eigenvalue weighted by molar-refractivity contribution is -1.05. The van der Waals surface area contributed by atoms with Crippen molar-refractivity contribution in [2.45, 2.75) is 77.9 Å². The van der Waals surface area contributed by atoms with Crippen LogP contribution in [0.15, 0.2) is 0 Å². The Morgan fingerprint density at radius 3 is 2.15 bits per heavy atom. The van der Waals surface area contributed by atoms with E-state index >= 15 is 0 Å². The molecule has 0 spiro atoms. The molecule has 12 nitrogen and oxygen atoms in total. The molecule has 2 fully saturated rings. The highest BCUT2D eigenvalue weighted by atomic mass is 16.8. The number of primary amides is 2. The fraction of sp³-hybridized carbons (Fsp3) is 0.818. The number of hydroxylamine groups is 3. The molecule has 6 amide bonds. The largest absolute Gasteiger partial charge is 0.460 e. The lowest BCUT2D eigenvalue weighted by Crippen LogP contribution is -2.70. The summed E-state index contributed by atoms with van der Waals surface area (Å²) in [6.07, 6.45) is 2.72. The van der Waals surface area contributed by atoms with Gasteiger partial charge < -0.3 is 31.7 Å². The summed E-state index contributed by atoms with van der Waals surface area (Å²) in [5, 5.41) is 5.77. The number of unbranched alkanes of at least 4 members (excludes halogenated alkanes) is 1. The number of likely N-dealkylation sites (tertiary alicyclic amines) is 2. The van der Waals surface area contributed by atoms with E-state index in [4.69, 9.17) is 21.0 Å². The second-order valence-electron chi connectivity index (χ2n) is 10.1. The minimum Gasteiger partial charge on any atom is -0.446 e. The fourth-order valence-electron chi connectivity index (χ4n) is 4.82. The van der Waals surface area contributed by atoms with Gasteiger partial charge in [-0.3, -0.25) is 0 Å². The maximum atomic E-state index is 13.3. The Kier molecular flexibility index (Phi) is 9.77. The number of nitrogens with zero attached hydrogens (tertiary/aromatic N) is 2. The first-order valence-electron chi connectivity index (χ1n) is 12.1. The number of nitrogens with one attached hydrogen (secondary N) is 2. The van der Waals surface area contributed by atoms with Crippen molar-refractivity contribution in [1.29, 1.82) is 0 Å². The van der Waals surface area contributed by atoms with Crippen LogP contribution >= 0.6 is 0 Å². The van der Waals surface area contributed by atoms with Crippen molar-refractivity contribution in [1.82, 2.24) is 15.5 Å². The molecule has 0 aromatic carbocycles. The van der Waals surface area contributed by atoms with E-state index in [1.807, 2.05) is 25.7 Å². The van der Waals surface area contributed by atoms with Crippen molar-refractivity contribution in [2.75, 3.05) is 32.7 Å². The van der Waals surface area contributed by atoms with Gasteiger partial charge in [0.25, 0.3) is 0 Å². The Bertz CT molecular complexity index is 736. The van der Waals surface area contributed by atoms with Crippen LogP contribution in [-0.4, -0.2) is 78.7 Å². The zero-order valence-corrected chi connectivity index (χ0v) is 20.6. The maximum absolute atomic E-state index is 13.3. The van der Waals surface area contributed by atoms with Gasteiger partial charge in [-0.25, -0.2) is 24.0 Å². The summed E-state index contributed by atoms with van der Waals surface area (Å²) >= 11 is 0. The van der Waals surface area contributed by atoms with Gasteiger partial charge in [-0.15, -0.1) is 0 Å². The van der Waals surface area contributed by atoms with Gasteiger partial charge in [0.1, 0.15) is 18.7 Å². The van der Waals surface area contributed by atoms with Crippen molar-refractivity contribution >= 4 is 24.2 Å². The Hall–Kier alpha value is -2.76. The lowest BCUT2D eigenvalue weighted by Gasteiger charge is -2.47. The van der Waals surface area contributed by atoms with Crippen LogP contribution in [0.5, 0.6) is 0 Å². The average Bonchev–Trinajstić information content (AvgIpc) is 2.76. The third-order valence-corrected chi connectivity index (χ3v) is 6.45. The summed E-state index contributed by atoms with van der Waals surface area (Å²) in [4.78, 5) is 55.7. The number of carbonyl (C=O) groups is 4. The number of quaternary nitrogens is 1. The first-order chi connectivity index (χ1) is 16.0. The number of nitrogens with two attached hydrogens (primary N) is 2. The number of urea groups is 2. The van der Waals surface area contributed by atoms with Gasteiger partial charge in [0.15, 0.2) is 0 Å². The topological polar surface area (TPSA) is 166 Å². The zero-order valence-electron chi connectivity index (χ0n) is 20.6. The summed E-state index contributed by atoms with van der Waals surface area (Å²) < 4.78 is 4.55. The van der Waals surface area contributed by atoms with Crippen LogP contribution in [0.2, 0.25) is 0 Å². The van der Waals surface area contributed by atoms with Gasteiger partial charge in [-0.05, 0) is 36.8 Å². The average molecular weight is 486 g/mol. The summed E-state index contributed by atoms with van der Waals surface area (Å²) in [6, 6.07) is -1.03. The molecule has 0 saturated carbocycles. The quantitative estimate of drug-likeness (QED) is 0.332. The number of hydrogen-bond donors (Lipinski definition) is 4. The standard InChI is InChI=1S/C22H40N6O6/c1-22(2,3)17-15-16(33-18(23)29)9-14-28(17,34-19(24)30)21(32)26-11-6-5-10-25-20(31)27-12-7-4-8-13-27/h16-17H,4-15H2,1-3H3,(H5-,23,24,25,26,29,30,31,32)/p+1. The molecule has 0 bridgehead atoms. The molecule has 2 rings (SSSR count). The van der Waals surface area contributed by atoms with Crippen LogP contribution in [0.3, 0.4) is 0 Å². The Morgan fingerprint density at radius 2 is 1.59 bits per heavy atom. The van der Waals surface area contributed by atoms with Crippen molar-refractivity contribution in [3.8, 4) is 0 Å².